The van der Waals surface area contributed by atoms with Crippen molar-refractivity contribution in [2.75, 3.05) is 0 Å². The zero-order chi connectivity index (χ0) is 13.5. The van der Waals surface area contributed by atoms with Crippen molar-refractivity contribution in [2.24, 2.45) is 0 Å². The number of sulfonamides is 1. The molecule has 1 aromatic carbocycles. The van der Waals surface area contributed by atoms with Crippen LogP contribution in [-0.4, -0.2) is 26.3 Å². The van der Waals surface area contributed by atoms with Crippen LogP contribution in [0.15, 0.2) is 35.2 Å². The fourth-order valence-electron chi connectivity index (χ4n) is 0.811. The molecule has 0 unspecified atom stereocenters. The molecule has 0 bridgehead atoms. The first-order chi connectivity index (χ1) is 7.73. The Morgan fingerprint density at radius 2 is 1.59 bits per heavy atom. The van der Waals surface area contributed by atoms with Crippen molar-refractivity contribution in [3.8, 4) is 0 Å². The molecular formula is C8H8F3NO4S. The van der Waals surface area contributed by atoms with Crippen LogP contribution in [0, 0.1) is 0 Å². The standard InChI is InChI=1S/C7H6F3NO2S.CH2O2/c8-7(9,10)11-14(12,13)6-4-2-1-3-5-6;2-1-3/h1-5,11H;1H,(H,2,3). The summed E-state index contributed by atoms with van der Waals surface area (Å²) >= 11 is 0. The first-order valence-electron chi connectivity index (χ1n) is 3.96. The minimum atomic E-state index is -4.95. The van der Waals surface area contributed by atoms with Gasteiger partial charge in [0.2, 0.25) is 10.0 Å². The van der Waals surface area contributed by atoms with E-state index in [9.17, 15) is 21.6 Å². The molecule has 0 saturated heterocycles. The number of benzene rings is 1. The van der Waals surface area contributed by atoms with Crippen LogP contribution in [0.5, 0.6) is 0 Å². The van der Waals surface area contributed by atoms with Crippen LogP contribution in [0.2, 0.25) is 0 Å². The summed E-state index contributed by atoms with van der Waals surface area (Å²) in [4.78, 5) is 7.94. The quantitative estimate of drug-likeness (QED) is 0.625. The molecule has 1 rings (SSSR count). The summed E-state index contributed by atoms with van der Waals surface area (Å²) in [7, 11) is -4.49. The maximum absolute atomic E-state index is 11.7. The van der Waals surface area contributed by atoms with Gasteiger partial charge in [0.25, 0.3) is 6.47 Å². The van der Waals surface area contributed by atoms with E-state index in [4.69, 9.17) is 9.90 Å². The largest absolute Gasteiger partial charge is 0.483 e. The first kappa shape index (κ1) is 15.4. The summed E-state index contributed by atoms with van der Waals surface area (Å²) in [6, 6.07) is 6.34. The zero-order valence-electron chi connectivity index (χ0n) is 8.18. The first-order valence-corrected chi connectivity index (χ1v) is 5.45. The van der Waals surface area contributed by atoms with Gasteiger partial charge in [-0.05, 0) is 12.1 Å². The Morgan fingerprint density at radius 1 is 1.18 bits per heavy atom. The molecule has 0 radical (unpaired) electrons. The normalized spacial score (nSPS) is 11.2. The van der Waals surface area contributed by atoms with E-state index in [1.54, 1.807) is 0 Å². The topological polar surface area (TPSA) is 83.5 Å². The predicted octanol–water partition coefficient (Wildman–Crippen LogP) is 1.19. The molecular weight excluding hydrogens is 263 g/mol. The monoisotopic (exact) mass is 271 g/mol. The smallest absolute Gasteiger partial charge is 0.470 e. The van der Waals surface area contributed by atoms with Crippen LogP contribution in [-0.2, 0) is 14.8 Å². The molecule has 5 nitrogen and oxygen atoms in total. The molecule has 96 valence electrons. The van der Waals surface area contributed by atoms with E-state index in [1.807, 2.05) is 0 Å². The molecule has 0 aliphatic carbocycles. The molecule has 2 N–H and O–H groups in total. The molecule has 0 heterocycles. The van der Waals surface area contributed by atoms with E-state index in [1.165, 1.54) is 18.2 Å². The Balaban J connectivity index is 0.000000770. The molecule has 17 heavy (non-hydrogen) atoms. The van der Waals surface area contributed by atoms with Crippen LogP contribution in [0.3, 0.4) is 0 Å². The van der Waals surface area contributed by atoms with Gasteiger partial charge < -0.3 is 5.11 Å². The summed E-state index contributed by atoms with van der Waals surface area (Å²) in [5.41, 5.74) is 0. The van der Waals surface area contributed by atoms with Gasteiger partial charge in [-0.1, -0.05) is 18.2 Å². The lowest BCUT2D eigenvalue weighted by atomic mass is 10.4. The van der Waals surface area contributed by atoms with E-state index in [0.717, 1.165) is 12.1 Å². The van der Waals surface area contributed by atoms with Gasteiger partial charge in [-0.15, -0.1) is 4.72 Å². The van der Waals surface area contributed by atoms with Gasteiger partial charge in [0.15, 0.2) is 0 Å². The van der Waals surface area contributed by atoms with Crippen molar-refractivity contribution in [1.82, 2.24) is 4.72 Å². The molecule has 1 aromatic rings. The summed E-state index contributed by atoms with van der Waals surface area (Å²) < 4.78 is 57.9. The number of hydrogen-bond donors (Lipinski definition) is 2. The van der Waals surface area contributed by atoms with Gasteiger partial charge in [0.1, 0.15) is 0 Å². The third-order valence-electron chi connectivity index (χ3n) is 1.30. The lowest BCUT2D eigenvalue weighted by molar-refractivity contribution is -0.138. The molecule has 0 amide bonds. The molecule has 9 heteroatoms. The Kier molecular flexibility index (Phi) is 5.62. The summed E-state index contributed by atoms with van der Waals surface area (Å²) in [5, 5.41) is 6.89. The molecule has 0 atom stereocenters. The number of halogens is 3. The SMILES string of the molecule is O=CO.O=S(=O)(NC(F)(F)F)c1ccccc1. The number of alkyl halides is 3. The predicted molar refractivity (Wildman–Crippen MR) is 51.5 cm³/mol. The van der Waals surface area contributed by atoms with Crippen LogP contribution >= 0.6 is 0 Å². The van der Waals surface area contributed by atoms with Crippen LogP contribution in [0.1, 0.15) is 0 Å². The van der Waals surface area contributed by atoms with Gasteiger partial charge in [0, 0.05) is 0 Å². The average Bonchev–Trinajstić information content (AvgIpc) is 2.16. The van der Waals surface area contributed by atoms with E-state index >= 15 is 0 Å². The lowest BCUT2D eigenvalue weighted by Gasteiger charge is -2.08. The molecule has 0 aliphatic heterocycles. The van der Waals surface area contributed by atoms with Gasteiger partial charge >= 0.3 is 6.30 Å². The molecule has 0 spiro atoms. The van der Waals surface area contributed by atoms with Crippen LogP contribution < -0.4 is 4.72 Å². The number of rotatable bonds is 2. The van der Waals surface area contributed by atoms with Gasteiger partial charge in [0.05, 0.1) is 4.90 Å². The van der Waals surface area contributed by atoms with Crippen LogP contribution in [0.4, 0.5) is 13.2 Å². The van der Waals surface area contributed by atoms with E-state index in [2.05, 4.69) is 0 Å². The van der Waals surface area contributed by atoms with Gasteiger partial charge in [-0.25, -0.2) is 8.42 Å². The molecule has 0 saturated carbocycles. The highest BCUT2D eigenvalue weighted by Gasteiger charge is 2.34. The van der Waals surface area contributed by atoms with Crippen molar-refractivity contribution in [1.29, 1.82) is 0 Å². The highest BCUT2D eigenvalue weighted by atomic mass is 32.2. The van der Waals surface area contributed by atoms with E-state index in [-0.39, 0.29) is 6.47 Å². The number of hydrogen-bond acceptors (Lipinski definition) is 3. The lowest BCUT2D eigenvalue weighted by Crippen LogP contribution is -2.37. The molecule has 0 aromatic heterocycles. The summed E-state index contributed by atoms with van der Waals surface area (Å²) in [6.45, 7) is -0.250. The Labute approximate surface area is 94.9 Å². The molecule has 0 fully saturated rings. The van der Waals surface area contributed by atoms with Crippen LogP contribution in [0.25, 0.3) is 0 Å². The van der Waals surface area contributed by atoms with E-state index < -0.39 is 21.2 Å². The third kappa shape index (κ3) is 6.53. The highest BCUT2D eigenvalue weighted by Crippen LogP contribution is 2.16. The Bertz CT molecular complexity index is 444. The zero-order valence-corrected chi connectivity index (χ0v) is 8.99. The van der Waals surface area contributed by atoms with Crippen molar-refractivity contribution < 1.29 is 31.5 Å². The average molecular weight is 271 g/mol. The minimum absolute atomic E-state index is 0.250. The van der Waals surface area contributed by atoms with Crippen molar-refractivity contribution in [3.63, 3.8) is 0 Å². The number of carboxylic acid groups (broad SMARTS) is 1. The summed E-state index contributed by atoms with van der Waals surface area (Å²) in [6.07, 6.45) is -4.95. The van der Waals surface area contributed by atoms with Crippen molar-refractivity contribution >= 4 is 16.5 Å². The van der Waals surface area contributed by atoms with Gasteiger partial charge in [-0.2, -0.15) is 13.2 Å². The second-order valence-corrected chi connectivity index (χ2v) is 4.20. The van der Waals surface area contributed by atoms with E-state index in [0.29, 0.717) is 4.72 Å². The second kappa shape index (κ2) is 6.21. The molecule has 0 aliphatic rings. The number of nitrogens with one attached hydrogen (secondary N) is 1. The van der Waals surface area contributed by atoms with Crippen molar-refractivity contribution in [3.05, 3.63) is 30.3 Å². The Morgan fingerprint density at radius 3 is 1.94 bits per heavy atom. The minimum Gasteiger partial charge on any atom is -0.483 e. The maximum atomic E-state index is 11.7. The number of carbonyl (C=O) groups is 1. The van der Waals surface area contributed by atoms with Gasteiger partial charge in [-0.3, -0.25) is 4.79 Å². The second-order valence-electron chi connectivity index (χ2n) is 2.52. The summed E-state index contributed by atoms with van der Waals surface area (Å²) in [5.74, 6) is 0. The fraction of sp³-hybridized carbons (Fsp3) is 0.125. The fourth-order valence-corrected chi connectivity index (χ4v) is 1.75. The maximum Gasteiger partial charge on any atom is 0.470 e. The Hall–Kier alpha value is -1.61. The third-order valence-corrected chi connectivity index (χ3v) is 2.70. The van der Waals surface area contributed by atoms with Crippen molar-refractivity contribution in [2.45, 2.75) is 11.2 Å². The highest BCUT2D eigenvalue weighted by molar-refractivity contribution is 7.89.